The Bertz CT molecular complexity index is 903. The van der Waals surface area contributed by atoms with Gasteiger partial charge >= 0.3 is 5.97 Å². The highest BCUT2D eigenvalue weighted by Gasteiger charge is 2.35. The number of rotatable bonds is 8. The summed E-state index contributed by atoms with van der Waals surface area (Å²) in [5.74, 6) is 1.08. The van der Waals surface area contributed by atoms with Crippen molar-refractivity contribution in [3.8, 4) is 5.75 Å². The van der Waals surface area contributed by atoms with Crippen molar-refractivity contribution in [1.29, 1.82) is 0 Å². The molecular weight excluding hydrogens is 378 g/mol. The van der Waals surface area contributed by atoms with Crippen molar-refractivity contribution in [2.75, 3.05) is 13.7 Å². The minimum atomic E-state index is -0.498. The summed E-state index contributed by atoms with van der Waals surface area (Å²) in [7, 11) is 1.62. The van der Waals surface area contributed by atoms with Crippen LogP contribution in [0.2, 0.25) is 0 Å². The van der Waals surface area contributed by atoms with E-state index < -0.39 is 6.04 Å². The van der Waals surface area contributed by atoms with Crippen LogP contribution in [0.3, 0.4) is 0 Å². The van der Waals surface area contributed by atoms with E-state index in [1.54, 1.807) is 19.4 Å². The fraction of sp³-hybridized carbons (Fsp3) is 0.360. The molecule has 0 amide bonds. The van der Waals surface area contributed by atoms with Gasteiger partial charge in [0.05, 0.1) is 19.8 Å². The largest absolute Gasteiger partial charge is 0.497 e. The minimum absolute atomic E-state index is 0.0527. The zero-order valence-corrected chi connectivity index (χ0v) is 17.2. The van der Waals surface area contributed by atoms with Crippen LogP contribution in [-0.4, -0.2) is 36.4 Å². The highest BCUT2D eigenvalue weighted by Crippen LogP contribution is 2.33. The van der Waals surface area contributed by atoms with E-state index in [0.717, 1.165) is 29.7 Å². The van der Waals surface area contributed by atoms with Crippen molar-refractivity contribution >= 4 is 11.8 Å². The smallest absolute Gasteiger partial charge is 0.329 e. The van der Waals surface area contributed by atoms with Crippen LogP contribution in [0.25, 0.3) is 0 Å². The average molecular weight is 405 g/mol. The summed E-state index contributed by atoms with van der Waals surface area (Å²) in [6.07, 6.45) is 6.42. The van der Waals surface area contributed by atoms with Crippen LogP contribution >= 0.6 is 0 Å². The minimum Gasteiger partial charge on any atom is -0.497 e. The molecule has 4 rings (SSSR count). The molecule has 5 nitrogen and oxygen atoms in total. The molecule has 0 N–H and O–H groups in total. The van der Waals surface area contributed by atoms with Gasteiger partial charge in [0.25, 0.3) is 0 Å². The number of benzene rings is 2. The second-order valence-electron chi connectivity index (χ2n) is 8.00. The number of hydrogen-bond acceptors (Lipinski definition) is 5. The first kappa shape index (κ1) is 20.2. The van der Waals surface area contributed by atoms with Crippen LogP contribution in [0.5, 0.6) is 5.75 Å². The Hall–Kier alpha value is -3.08. The van der Waals surface area contributed by atoms with Crippen LogP contribution in [0.1, 0.15) is 36.4 Å². The van der Waals surface area contributed by atoms with Gasteiger partial charge in [-0.25, -0.2) is 4.79 Å². The van der Waals surface area contributed by atoms with Crippen molar-refractivity contribution in [3.63, 3.8) is 0 Å². The summed E-state index contributed by atoms with van der Waals surface area (Å²) < 4.78 is 10.9. The van der Waals surface area contributed by atoms with Gasteiger partial charge in [0.1, 0.15) is 11.8 Å². The number of nitrogens with zero attached hydrogens (tertiary/aromatic N) is 1. The topological polar surface area (TPSA) is 55.8 Å². The third-order valence-corrected chi connectivity index (χ3v) is 5.75. The number of methoxy groups -OCH3 is 1. The summed E-state index contributed by atoms with van der Waals surface area (Å²) in [4.78, 5) is 27.4. The van der Waals surface area contributed by atoms with Crippen LogP contribution in [0.15, 0.2) is 66.9 Å². The van der Waals surface area contributed by atoms with Crippen molar-refractivity contribution in [1.82, 2.24) is 4.90 Å². The van der Waals surface area contributed by atoms with Crippen molar-refractivity contribution in [2.45, 2.75) is 37.8 Å². The maximum absolute atomic E-state index is 13.1. The molecule has 2 aromatic rings. The molecule has 2 aromatic carbocycles. The highest BCUT2D eigenvalue weighted by atomic mass is 16.5. The normalized spacial score (nSPS) is 19.4. The molecule has 0 aromatic heterocycles. The molecule has 0 bridgehead atoms. The highest BCUT2D eigenvalue weighted by molar-refractivity contribution is 5.91. The van der Waals surface area contributed by atoms with E-state index >= 15 is 0 Å². The Morgan fingerprint density at radius 2 is 1.83 bits per heavy atom. The zero-order chi connectivity index (χ0) is 20.9. The molecule has 0 spiro atoms. The number of allylic oxidation sites excluding steroid dienone is 1. The van der Waals surface area contributed by atoms with Gasteiger partial charge in [-0.2, -0.15) is 0 Å². The first-order valence-corrected chi connectivity index (χ1v) is 10.5. The van der Waals surface area contributed by atoms with Crippen LogP contribution in [0.4, 0.5) is 0 Å². The second-order valence-corrected chi connectivity index (χ2v) is 8.00. The van der Waals surface area contributed by atoms with E-state index in [2.05, 4.69) is 0 Å². The van der Waals surface area contributed by atoms with Crippen LogP contribution in [-0.2, 0) is 20.7 Å². The average Bonchev–Trinajstić information content (AvgIpc) is 3.61. The fourth-order valence-electron chi connectivity index (χ4n) is 3.80. The summed E-state index contributed by atoms with van der Waals surface area (Å²) in [6, 6.07) is 16.9. The van der Waals surface area contributed by atoms with Gasteiger partial charge < -0.3 is 14.4 Å². The Kier molecular flexibility index (Phi) is 6.17. The molecule has 2 atom stereocenters. The van der Waals surface area contributed by atoms with Crippen LogP contribution < -0.4 is 4.74 Å². The molecule has 0 radical (unpaired) electrons. The molecule has 5 heteroatoms. The number of hydrogen-bond donors (Lipinski definition) is 0. The maximum Gasteiger partial charge on any atom is 0.329 e. The standard InChI is InChI=1S/C25H27NO4/c1-29-22-11-9-20(10-12-22)23-16-21(27)13-14-26(23)24(15-18-5-3-2-4-6-18)25(28)30-17-19-7-8-19/h2-6,9-14,19,23-24H,7-8,15-17H2,1H3. The van der Waals surface area contributed by atoms with Crippen LogP contribution in [0, 0.1) is 5.92 Å². The maximum atomic E-state index is 13.1. The van der Waals surface area contributed by atoms with Gasteiger partial charge in [-0.1, -0.05) is 42.5 Å². The van der Waals surface area contributed by atoms with Gasteiger partial charge in [0.2, 0.25) is 0 Å². The summed E-state index contributed by atoms with van der Waals surface area (Å²) in [6.45, 7) is 0.480. The second kappa shape index (κ2) is 9.16. The van der Waals surface area contributed by atoms with E-state index in [-0.39, 0.29) is 17.8 Å². The lowest BCUT2D eigenvalue weighted by Gasteiger charge is -2.38. The summed E-state index contributed by atoms with van der Waals surface area (Å²) >= 11 is 0. The number of carbonyl (C=O) groups is 2. The van der Waals surface area contributed by atoms with Gasteiger partial charge in [0.15, 0.2) is 5.78 Å². The molecule has 1 aliphatic heterocycles. The van der Waals surface area contributed by atoms with Gasteiger partial charge in [-0.05, 0) is 48.1 Å². The third kappa shape index (κ3) is 4.90. The lowest BCUT2D eigenvalue weighted by atomic mass is 9.93. The Labute approximate surface area is 177 Å². The fourth-order valence-corrected chi connectivity index (χ4v) is 3.80. The predicted molar refractivity (Wildman–Crippen MR) is 114 cm³/mol. The van der Waals surface area contributed by atoms with Gasteiger partial charge in [-0.3, -0.25) is 4.79 Å². The molecular formula is C25H27NO4. The van der Waals surface area contributed by atoms with E-state index in [1.165, 1.54) is 0 Å². The third-order valence-electron chi connectivity index (χ3n) is 5.75. The molecule has 156 valence electrons. The molecule has 2 aliphatic rings. The van der Waals surface area contributed by atoms with Gasteiger partial charge in [-0.15, -0.1) is 0 Å². The summed E-state index contributed by atoms with van der Waals surface area (Å²) in [5.41, 5.74) is 2.03. The molecule has 1 fully saturated rings. The number of ether oxygens (including phenoxy) is 2. The van der Waals surface area contributed by atoms with E-state index in [9.17, 15) is 9.59 Å². The molecule has 1 saturated carbocycles. The Morgan fingerprint density at radius 1 is 1.10 bits per heavy atom. The summed E-state index contributed by atoms with van der Waals surface area (Å²) in [5, 5.41) is 0. The van der Waals surface area contributed by atoms with Crippen molar-refractivity contribution in [2.24, 2.45) is 5.92 Å². The predicted octanol–water partition coefficient (Wildman–Crippen LogP) is 4.09. The van der Waals surface area contributed by atoms with E-state index in [4.69, 9.17) is 9.47 Å². The first-order valence-electron chi connectivity index (χ1n) is 10.5. The Morgan fingerprint density at radius 3 is 2.50 bits per heavy atom. The van der Waals surface area contributed by atoms with Crippen molar-refractivity contribution in [3.05, 3.63) is 78.0 Å². The number of esters is 1. The zero-order valence-electron chi connectivity index (χ0n) is 17.2. The molecule has 30 heavy (non-hydrogen) atoms. The SMILES string of the molecule is COc1ccc(C2CC(=O)C=CN2C(Cc2ccccc2)C(=O)OCC2CC2)cc1. The lowest BCUT2D eigenvalue weighted by Crippen LogP contribution is -2.44. The number of ketones is 1. The first-order chi connectivity index (χ1) is 14.6. The van der Waals surface area contributed by atoms with Gasteiger partial charge in [0, 0.05) is 19.0 Å². The van der Waals surface area contributed by atoms with E-state index in [0.29, 0.717) is 25.4 Å². The number of carbonyl (C=O) groups excluding carboxylic acids is 2. The quantitative estimate of drug-likeness (QED) is 0.619. The molecule has 1 heterocycles. The van der Waals surface area contributed by atoms with Crippen molar-refractivity contribution < 1.29 is 19.1 Å². The van der Waals surface area contributed by atoms with E-state index in [1.807, 2.05) is 59.5 Å². The monoisotopic (exact) mass is 405 g/mol. The molecule has 0 saturated heterocycles. The lowest BCUT2D eigenvalue weighted by molar-refractivity contribution is -0.151. The molecule has 2 unspecified atom stereocenters. The molecule has 1 aliphatic carbocycles. The Balaban J connectivity index is 1.62.